The number of hydrogen-bond acceptors (Lipinski definition) is 6. The van der Waals surface area contributed by atoms with Crippen molar-refractivity contribution in [3.05, 3.63) is 65.2 Å². The SMILES string of the molecule is CC(C)CC(NC(=O)[C@H](CC(C)C)NC(=O)OCc1ccccc1)C(=O)CN1CCCc2cc(O)ccc2C1. The molecule has 1 heterocycles. The second kappa shape index (κ2) is 14.7. The monoisotopic (exact) mass is 537 g/mol. The van der Waals surface area contributed by atoms with Gasteiger partial charge in [-0.05, 0) is 72.9 Å². The minimum Gasteiger partial charge on any atom is -0.508 e. The molecule has 8 heteroatoms. The van der Waals surface area contributed by atoms with Gasteiger partial charge in [0.2, 0.25) is 5.91 Å². The topological polar surface area (TPSA) is 108 Å². The number of Topliss-reactive ketones (excluding diaryl/α,β-unsaturated/α-hetero) is 1. The Morgan fingerprint density at radius 3 is 2.31 bits per heavy atom. The minimum atomic E-state index is -0.812. The molecule has 0 saturated heterocycles. The zero-order chi connectivity index (χ0) is 28.4. The molecule has 39 heavy (non-hydrogen) atoms. The number of aromatic hydroxyl groups is 1. The predicted octanol–water partition coefficient (Wildman–Crippen LogP) is 4.58. The van der Waals surface area contributed by atoms with Gasteiger partial charge in [0.05, 0.1) is 12.6 Å². The van der Waals surface area contributed by atoms with Crippen LogP contribution in [0.3, 0.4) is 0 Å². The van der Waals surface area contributed by atoms with Crippen molar-refractivity contribution in [3.63, 3.8) is 0 Å². The zero-order valence-corrected chi connectivity index (χ0v) is 23.6. The lowest BCUT2D eigenvalue weighted by molar-refractivity contribution is -0.130. The van der Waals surface area contributed by atoms with E-state index in [9.17, 15) is 19.5 Å². The number of aryl methyl sites for hydroxylation is 1. The van der Waals surface area contributed by atoms with Crippen LogP contribution in [-0.2, 0) is 33.9 Å². The predicted molar refractivity (Wildman–Crippen MR) is 151 cm³/mol. The highest BCUT2D eigenvalue weighted by atomic mass is 16.5. The van der Waals surface area contributed by atoms with E-state index in [4.69, 9.17) is 4.74 Å². The molecule has 2 aromatic rings. The molecule has 0 bridgehead atoms. The number of nitrogens with zero attached hydrogens (tertiary/aromatic N) is 1. The fourth-order valence-corrected chi connectivity index (χ4v) is 4.90. The lowest BCUT2D eigenvalue weighted by atomic mass is 9.98. The number of ketones is 1. The van der Waals surface area contributed by atoms with E-state index in [2.05, 4.69) is 15.5 Å². The van der Waals surface area contributed by atoms with E-state index in [1.54, 1.807) is 12.1 Å². The molecule has 0 saturated carbocycles. The lowest BCUT2D eigenvalue weighted by Gasteiger charge is -2.27. The summed E-state index contributed by atoms with van der Waals surface area (Å²) in [5.74, 6) is 0.169. The van der Waals surface area contributed by atoms with Gasteiger partial charge in [-0.15, -0.1) is 0 Å². The minimum absolute atomic E-state index is 0.0470. The normalized spacial score (nSPS) is 15.2. The van der Waals surface area contributed by atoms with Crippen LogP contribution in [0.1, 0.15) is 63.6 Å². The summed E-state index contributed by atoms with van der Waals surface area (Å²) in [5.41, 5.74) is 3.07. The number of fused-ring (bicyclic) bond motifs is 1. The molecule has 0 spiro atoms. The first-order valence-corrected chi connectivity index (χ1v) is 13.9. The second-order valence-corrected chi connectivity index (χ2v) is 11.3. The molecule has 1 unspecified atom stereocenters. The molecule has 2 atom stereocenters. The Morgan fingerprint density at radius 1 is 0.923 bits per heavy atom. The van der Waals surface area contributed by atoms with Gasteiger partial charge in [0.25, 0.3) is 0 Å². The van der Waals surface area contributed by atoms with E-state index in [1.807, 2.05) is 64.1 Å². The number of carbonyl (C=O) groups excluding carboxylic acids is 3. The number of carbonyl (C=O) groups is 3. The van der Waals surface area contributed by atoms with Crippen molar-refractivity contribution in [1.82, 2.24) is 15.5 Å². The van der Waals surface area contributed by atoms with Crippen LogP contribution in [0, 0.1) is 11.8 Å². The number of amides is 2. The largest absolute Gasteiger partial charge is 0.508 e. The van der Waals surface area contributed by atoms with Gasteiger partial charge in [0.1, 0.15) is 18.4 Å². The van der Waals surface area contributed by atoms with Crippen LogP contribution >= 0.6 is 0 Å². The smallest absolute Gasteiger partial charge is 0.408 e. The van der Waals surface area contributed by atoms with E-state index >= 15 is 0 Å². The summed E-state index contributed by atoms with van der Waals surface area (Å²) in [7, 11) is 0. The number of alkyl carbamates (subject to hydrolysis) is 1. The summed E-state index contributed by atoms with van der Waals surface area (Å²) in [6.45, 7) is 9.70. The summed E-state index contributed by atoms with van der Waals surface area (Å²) in [6.07, 6.45) is 2.00. The summed E-state index contributed by atoms with van der Waals surface area (Å²) in [6, 6.07) is 13.3. The van der Waals surface area contributed by atoms with Crippen molar-refractivity contribution in [1.29, 1.82) is 0 Å². The maximum Gasteiger partial charge on any atom is 0.408 e. The number of benzene rings is 2. The Labute approximate surface area is 232 Å². The van der Waals surface area contributed by atoms with Crippen molar-refractivity contribution in [2.24, 2.45) is 11.8 Å². The highest BCUT2D eigenvalue weighted by molar-refractivity contribution is 5.93. The quantitative estimate of drug-likeness (QED) is 0.366. The lowest BCUT2D eigenvalue weighted by Crippen LogP contribution is -2.53. The molecule has 2 aromatic carbocycles. The number of phenols is 1. The molecule has 2 amide bonds. The van der Waals surface area contributed by atoms with Gasteiger partial charge < -0.3 is 20.5 Å². The van der Waals surface area contributed by atoms with Crippen LogP contribution in [0.2, 0.25) is 0 Å². The summed E-state index contributed by atoms with van der Waals surface area (Å²) in [5, 5.41) is 15.5. The molecule has 0 aromatic heterocycles. The third kappa shape index (κ3) is 10.0. The summed E-state index contributed by atoms with van der Waals surface area (Å²) in [4.78, 5) is 41.5. The van der Waals surface area contributed by atoms with Crippen molar-refractivity contribution >= 4 is 17.8 Å². The number of ether oxygens (including phenoxy) is 1. The number of phenolic OH excluding ortho intramolecular Hbond substituents is 1. The molecular weight excluding hydrogens is 494 g/mol. The maximum absolute atomic E-state index is 13.5. The molecule has 0 aliphatic carbocycles. The number of rotatable bonds is 12. The Hall–Kier alpha value is -3.39. The van der Waals surface area contributed by atoms with E-state index in [1.165, 1.54) is 0 Å². The van der Waals surface area contributed by atoms with Crippen LogP contribution < -0.4 is 10.6 Å². The molecule has 212 valence electrons. The van der Waals surface area contributed by atoms with Gasteiger partial charge in [-0.2, -0.15) is 0 Å². The number of hydrogen-bond donors (Lipinski definition) is 3. The van der Waals surface area contributed by atoms with Crippen LogP contribution in [0.25, 0.3) is 0 Å². The van der Waals surface area contributed by atoms with Crippen LogP contribution in [0.5, 0.6) is 5.75 Å². The molecule has 3 N–H and O–H groups in total. The molecular formula is C31H43N3O5. The van der Waals surface area contributed by atoms with Crippen molar-refractivity contribution in [2.45, 2.75) is 78.6 Å². The highest BCUT2D eigenvalue weighted by Gasteiger charge is 2.29. The molecule has 8 nitrogen and oxygen atoms in total. The fraction of sp³-hybridized carbons (Fsp3) is 0.516. The molecule has 3 rings (SSSR count). The van der Waals surface area contributed by atoms with Gasteiger partial charge in [-0.1, -0.05) is 64.1 Å². The zero-order valence-electron chi connectivity index (χ0n) is 23.6. The highest BCUT2D eigenvalue weighted by Crippen LogP contribution is 2.23. The van der Waals surface area contributed by atoms with Crippen LogP contribution in [-0.4, -0.2) is 53.0 Å². The van der Waals surface area contributed by atoms with E-state index in [-0.39, 0.29) is 42.4 Å². The molecule has 0 radical (unpaired) electrons. The fourth-order valence-electron chi connectivity index (χ4n) is 4.90. The number of nitrogens with one attached hydrogen (secondary N) is 2. The first-order valence-electron chi connectivity index (χ1n) is 13.9. The summed E-state index contributed by atoms with van der Waals surface area (Å²) >= 11 is 0. The van der Waals surface area contributed by atoms with Gasteiger partial charge in [-0.25, -0.2) is 4.79 Å². The molecule has 1 aliphatic heterocycles. The average Bonchev–Trinajstić information content (AvgIpc) is 3.08. The molecule has 0 fully saturated rings. The Morgan fingerprint density at radius 2 is 1.62 bits per heavy atom. The Balaban J connectivity index is 1.63. The van der Waals surface area contributed by atoms with E-state index in [0.717, 1.165) is 36.1 Å². The van der Waals surface area contributed by atoms with E-state index < -0.39 is 18.2 Å². The van der Waals surface area contributed by atoms with Crippen LogP contribution in [0.4, 0.5) is 4.79 Å². The molecule has 1 aliphatic rings. The van der Waals surface area contributed by atoms with Crippen LogP contribution in [0.15, 0.2) is 48.5 Å². The van der Waals surface area contributed by atoms with Crippen molar-refractivity contribution in [3.8, 4) is 5.75 Å². The van der Waals surface area contributed by atoms with Gasteiger partial charge >= 0.3 is 6.09 Å². The Bertz CT molecular complexity index is 1100. The standard InChI is InChI=1S/C31H43N3O5/c1-21(2)15-27(29(36)19-34-14-8-11-24-17-26(35)13-12-25(24)18-34)32-30(37)28(16-22(3)4)33-31(38)39-20-23-9-6-5-7-10-23/h5-7,9-10,12-13,17,21-22,27-28,35H,8,11,14-16,18-20H2,1-4H3,(H,32,37)(H,33,38)/t27?,28-/m0/s1. The maximum atomic E-state index is 13.5. The van der Waals surface area contributed by atoms with Gasteiger partial charge in [-0.3, -0.25) is 14.5 Å². The van der Waals surface area contributed by atoms with Crippen molar-refractivity contribution < 1.29 is 24.2 Å². The van der Waals surface area contributed by atoms with E-state index in [0.29, 0.717) is 19.4 Å². The van der Waals surface area contributed by atoms with Crippen molar-refractivity contribution in [2.75, 3.05) is 13.1 Å². The second-order valence-electron chi connectivity index (χ2n) is 11.3. The Kier molecular flexibility index (Phi) is 11.3. The first-order chi connectivity index (χ1) is 18.6. The average molecular weight is 538 g/mol. The third-order valence-electron chi connectivity index (χ3n) is 6.82. The van der Waals surface area contributed by atoms with Gasteiger partial charge in [0, 0.05) is 6.54 Å². The third-order valence-corrected chi connectivity index (χ3v) is 6.82. The summed E-state index contributed by atoms with van der Waals surface area (Å²) < 4.78 is 5.34. The van der Waals surface area contributed by atoms with Gasteiger partial charge in [0.15, 0.2) is 5.78 Å². The first kappa shape index (κ1) is 30.2.